The third-order valence-corrected chi connectivity index (χ3v) is 6.49. The van der Waals surface area contributed by atoms with Crippen molar-refractivity contribution < 1.29 is 0 Å². The Morgan fingerprint density at radius 2 is 2.30 bits per heavy atom. The molecule has 3 aromatic rings. The number of aromatic nitrogens is 4. The highest BCUT2D eigenvalue weighted by atomic mass is 32.1. The molecule has 4 rings (SSSR count). The van der Waals surface area contributed by atoms with Gasteiger partial charge in [-0.25, -0.2) is 4.68 Å². The van der Waals surface area contributed by atoms with Gasteiger partial charge in [0.1, 0.15) is 0 Å². The van der Waals surface area contributed by atoms with Gasteiger partial charge < -0.3 is 0 Å². The maximum absolute atomic E-state index is 5.75. The highest BCUT2D eigenvalue weighted by Crippen LogP contribution is 2.35. The van der Waals surface area contributed by atoms with Crippen molar-refractivity contribution in [2.24, 2.45) is 0 Å². The number of thiophene rings is 1. The summed E-state index contributed by atoms with van der Waals surface area (Å²) in [6.45, 7) is 8.49. The molecule has 0 saturated heterocycles. The molecular weight excluding hydrogens is 374 g/mol. The minimum Gasteiger partial charge on any atom is -0.296 e. The first-order valence-corrected chi connectivity index (χ1v) is 10.5. The smallest absolute Gasteiger partial charge is 0.199 e. The van der Waals surface area contributed by atoms with Crippen molar-refractivity contribution in [1.82, 2.24) is 24.2 Å². The molecule has 1 aliphatic rings. The van der Waals surface area contributed by atoms with Crippen LogP contribution in [0.2, 0.25) is 0 Å². The lowest BCUT2D eigenvalue weighted by Crippen LogP contribution is -2.36. The largest absolute Gasteiger partial charge is 0.296 e. The molecule has 5 nitrogen and oxygen atoms in total. The fraction of sp³-hybridized carbons (Fsp3) is 0.350. The maximum atomic E-state index is 5.75. The molecule has 27 heavy (non-hydrogen) atoms. The number of nitrogens with zero attached hydrogens (tertiary/aromatic N) is 5. The Morgan fingerprint density at radius 1 is 1.41 bits per heavy atom. The summed E-state index contributed by atoms with van der Waals surface area (Å²) >= 11 is 7.63. The van der Waals surface area contributed by atoms with Crippen LogP contribution in [0.15, 0.2) is 48.6 Å². The summed E-state index contributed by atoms with van der Waals surface area (Å²) in [4.78, 5) is 8.24. The van der Waals surface area contributed by atoms with Crippen LogP contribution in [0.3, 0.4) is 0 Å². The highest BCUT2D eigenvalue weighted by molar-refractivity contribution is 7.71. The minimum absolute atomic E-state index is 0.424. The quantitative estimate of drug-likeness (QED) is 0.447. The normalized spacial score (nSPS) is 17.0. The first-order chi connectivity index (χ1) is 13.2. The molecule has 0 bridgehead atoms. The minimum atomic E-state index is 0.424. The third-order valence-electron chi connectivity index (χ3n) is 5.06. The molecule has 1 aliphatic heterocycles. The Labute approximate surface area is 168 Å². The molecule has 1 atom stereocenters. The Hall–Kier alpha value is -2.09. The standard InChI is InChI=1S/C20H23N5S2/c1-3-10-24-19(15-6-5-9-21-13-15)22-25(20(24)26)14-23-11-7-18-16(8-12-27-18)17(23)4-2/h3,5-6,8-9,12-13,17H,1,4,7,10-11,14H2,2H3/t17-/m0/s1. The number of fused-ring (bicyclic) bond motifs is 1. The summed E-state index contributed by atoms with van der Waals surface area (Å²) in [7, 11) is 0. The predicted octanol–water partition coefficient (Wildman–Crippen LogP) is 4.69. The van der Waals surface area contributed by atoms with Gasteiger partial charge >= 0.3 is 0 Å². The molecule has 0 spiro atoms. The van der Waals surface area contributed by atoms with Crippen LogP contribution in [0.4, 0.5) is 0 Å². The van der Waals surface area contributed by atoms with Gasteiger partial charge in [0.15, 0.2) is 10.6 Å². The first-order valence-electron chi connectivity index (χ1n) is 9.22. The van der Waals surface area contributed by atoms with Crippen LogP contribution in [-0.4, -0.2) is 30.8 Å². The number of hydrogen-bond donors (Lipinski definition) is 0. The third kappa shape index (κ3) is 3.42. The van der Waals surface area contributed by atoms with Crippen molar-refractivity contribution in [2.45, 2.75) is 39.0 Å². The van der Waals surface area contributed by atoms with Gasteiger partial charge in [-0.15, -0.1) is 17.9 Å². The average Bonchev–Trinajstić information content (AvgIpc) is 3.29. The Balaban J connectivity index is 1.69. The first kappa shape index (κ1) is 18.3. The lowest BCUT2D eigenvalue weighted by atomic mass is 9.98. The van der Waals surface area contributed by atoms with Crippen LogP contribution in [-0.2, 0) is 19.6 Å². The van der Waals surface area contributed by atoms with E-state index in [0.29, 0.717) is 19.3 Å². The second kappa shape index (κ2) is 7.88. The highest BCUT2D eigenvalue weighted by Gasteiger charge is 2.27. The second-order valence-corrected chi connectivity index (χ2v) is 8.04. The van der Waals surface area contributed by atoms with Crippen LogP contribution in [0.25, 0.3) is 11.4 Å². The molecule has 0 aliphatic carbocycles. The van der Waals surface area contributed by atoms with E-state index < -0.39 is 0 Å². The van der Waals surface area contributed by atoms with E-state index in [-0.39, 0.29) is 0 Å². The zero-order valence-electron chi connectivity index (χ0n) is 15.4. The summed E-state index contributed by atoms with van der Waals surface area (Å²) in [5.74, 6) is 0.842. The Bertz CT molecular complexity index is 985. The summed E-state index contributed by atoms with van der Waals surface area (Å²) in [5.41, 5.74) is 2.44. The number of pyridine rings is 1. The molecule has 0 fully saturated rings. The summed E-state index contributed by atoms with van der Waals surface area (Å²) < 4.78 is 4.70. The number of allylic oxidation sites excluding steroid dienone is 1. The van der Waals surface area contributed by atoms with E-state index in [1.807, 2.05) is 45.0 Å². The van der Waals surface area contributed by atoms with Crippen molar-refractivity contribution in [2.75, 3.05) is 6.54 Å². The fourth-order valence-corrected chi connectivity index (χ4v) is 4.99. The number of hydrogen-bond acceptors (Lipinski definition) is 5. The average molecular weight is 398 g/mol. The molecule has 140 valence electrons. The van der Waals surface area contributed by atoms with E-state index in [1.165, 1.54) is 10.4 Å². The molecule has 0 radical (unpaired) electrons. The van der Waals surface area contributed by atoms with Crippen molar-refractivity contribution in [3.63, 3.8) is 0 Å². The van der Waals surface area contributed by atoms with E-state index in [4.69, 9.17) is 17.3 Å². The summed E-state index contributed by atoms with van der Waals surface area (Å²) in [6, 6.07) is 6.64. The van der Waals surface area contributed by atoms with E-state index in [1.54, 1.807) is 6.20 Å². The van der Waals surface area contributed by atoms with Gasteiger partial charge in [-0.1, -0.05) is 13.0 Å². The van der Waals surface area contributed by atoms with E-state index >= 15 is 0 Å². The van der Waals surface area contributed by atoms with Gasteiger partial charge in [0.25, 0.3) is 0 Å². The van der Waals surface area contributed by atoms with E-state index in [9.17, 15) is 0 Å². The molecule has 3 aromatic heterocycles. The molecule has 0 unspecified atom stereocenters. The zero-order valence-corrected chi connectivity index (χ0v) is 17.0. The topological polar surface area (TPSA) is 38.9 Å². The monoisotopic (exact) mass is 397 g/mol. The van der Waals surface area contributed by atoms with Crippen LogP contribution in [0.5, 0.6) is 0 Å². The van der Waals surface area contributed by atoms with Crippen LogP contribution in [0, 0.1) is 4.77 Å². The molecule has 0 aromatic carbocycles. The van der Waals surface area contributed by atoms with E-state index in [0.717, 1.165) is 35.5 Å². The number of rotatable bonds is 6. The summed E-state index contributed by atoms with van der Waals surface area (Å²) in [6.07, 6.45) is 7.63. The molecular formula is C20H23N5S2. The molecule has 4 heterocycles. The fourth-order valence-electron chi connectivity index (χ4n) is 3.80. The SMILES string of the molecule is C=CCn1c(-c2cccnc2)nn(CN2CCc3sccc3[C@@H]2CC)c1=S. The molecule has 0 amide bonds. The zero-order chi connectivity index (χ0) is 18.8. The van der Waals surface area contributed by atoms with Crippen molar-refractivity contribution in [1.29, 1.82) is 0 Å². The Kier molecular flexibility index (Phi) is 5.33. The Morgan fingerprint density at radius 3 is 3.04 bits per heavy atom. The molecule has 7 heteroatoms. The van der Waals surface area contributed by atoms with Crippen molar-refractivity contribution in [3.8, 4) is 11.4 Å². The second-order valence-electron chi connectivity index (χ2n) is 6.67. The molecule has 0 N–H and O–H groups in total. The van der Waals surface area contributed by atoms with Gasteiger partial charge in [-0.05, 0) is 54.2 Å². The maximum Gasteiger partial charge on any atom is 0.199 e. The van der Waals surface area contributed by atoms with Gasteiger partial charge in [0.2, 0.25) is 0 Å². The van der Waals surface area contributed by atoms with Crippen LogP contribution >= 0.6 is 23.6 Å². The van der Waals surface area contributed by atoms with Crippen LogP contribution in [0.1, 0.15) is 29.8 Å². The lowest BCUT2D eigenvalue weighted by molar-refractivity contribution is 0.129. The van der Waals surface area contributed by atoms with Gasteiger partial charge in [-0.2, -0.15) is 5.10 Å². The van der Waals surface area contributed by atoms with Gasteiger partial charge in [-0.3, -0.25) is 14.5 Å². The van der Waals surface area contributed by atoms with Gasteiger partial charge in [0.05, 0.1) is 6.67 Å². The van der Waals surface area contributed by atoms with Crippen molar-refractivity contribution in [3.05, 3.63) is 63.8 Å². The van der Waals surface area contributed by atoms with E-state index in [2.05, 4.69) is 34.8 Å². The van der Waals surface area contributed by atoms with Gasteiger partial charge in [0, 0.05) is 42.0 Å². The summed E-state index contributed by atoms with van der Waals surface area (Å²) in [5, 5.41) is 7.06. The predicted molar refractivity (Wildman–Crippen MR) is 112 cm³/mol. The lowest BCUT2D eigenvalue weighted by Gasteiger charge is -2.35. The van der Waals surface area contributed by atoms with Crippen molar-refractivity contribution >= 4 is 23.6 Å². The van der Waals surface area contributed by atoms with Crippen LogP contribution < -0.4 is 0 Å². The molecule has 0 saturated carbocycles.